The van der Waals surface area contributed by atoms with Crippen molar-refractivity contribution in [1.29, 1.82) is 0 Å². The van der Waals surface area contributed by atoms with Crippen molar-refractivity contribution in [3.05, 3.63) is 90.0 Å². The zero-order valence-electron chi connectivity index (χ0n) is 16.0. The molecule has 6 nitrogen and oxygen atoms in total. The molecule has 3 heterocycles. The predicted octanol–water partition coefficient (Wildman–Crippen LogP) is 4.07. The molecule has 1 N–H and O–H groups in total. The van der Waals surface area contributed by atoms with E-state index >= 15 is 0 Å². The molecule has 3 aromatic rings. The Morgan fingerprint density at radius 3 is 2.70 bits per heavy atom. The second-order valence-corrected chi connectivity index (χ2v) is 6.95. The summed E-state index contributed by atoms with van der Waals surface area (Å²) in [4.78, 5) is 6.05. The maximum atomic E-state index is 13.6. The second-order valence-electron chi connectivity index (χ2n) is 6.95. The maximum absolute atomic E-state index is 13.6. The summed E-state index contributed by atoms with van der Waals surface area (Å²) in [6, 6.07) is 11.4. The Hall–Kier alpha value is -3.94. The van der Waals surface area contributed by atoms with E-state index in [-0.39, 0.29) is 0 Å². The zero-order chi connectivity index (χ0) is 20.7. The van der Waals surface area contributed by atoms with E-state index in [2.05, 4.69) is 15.6 Å². The zero-order valence-corrected chi connectivity index (χ0v) is 16.0. The summed E-state index contributed by atoms with van der Waals surface area (Å²) in [7, 11) is 1.61. The SMILES string of the molecule is COc1cnc2ccc(CN3NN=C4C=CN(c5cc(F)cc(F)c5)C=C43)cc2c1. The fourth-order valence-corrected chi connectivity index (χ4v) is 3.47. The molecule has 0 saturated heterocycles. The summed E-state index contributed by atoms with van der Waals surface area (Å²) in [6.45, 7) is 0.533. The number of rotatable bonds is 4. The number of methoxy groups -OCH3 is 1. The molecule has 2 aromatic carbocycles. The lowest BCUT2D eigenvalue weighted by molar-refractivity contribution is 0.274. The van der Waals surface area contributed by atoms with E-state index in [0.29, 0.717) is 18.0 Å². The van der Waals surface area contributed by atoms with Crippen LogP contribution in [0.25, 0.3) is 10.9 Å². The van der Waals surface area contributed by atoms with Gasteiger partial charge in [-0.05, 0) is 42.0 Å². The number of hydrazone groups is 1. The molecule has 0 aliphatic carbocycles. The van der Waals surface area contributed by atoms with Crippen LogP contribution in [0.3, 0.4) is 0 Å². The number of hydrazine groups is 1. The van der Waals surface area contributed by atoms with Crippen molar-refractivity contribution in [3.63, 3.8) is 0 Å². The molecule has 5 rings (SSSR count). The number of nitrogens with one attached hydrogen (secondary N) is 1. The monoisotopic (exact) mass is 405 g/mol. The first-order valence-corrected chi connectivity index (χ1v) is 9.27. The van der Waals surface area contributed by atoms with E-state index in [0.717, 1.165) is 33.9 Å². The van der Waals surface area contributed by atoms with Gasteiger partial charge < -0.3 is 9.64 Å². The number of allylic oxidation sites excluding steroid dienone is 1. The fourth-order valence-electron chi connectivity index (χ4n) is 3.47. The van der Waals surface area contributed by atoms with Gasteiger partial charge in [-0.2, -0.15) is 5.10 Å². The van der Waals surface area contributed by atoms with Crippen molar-refractivity contribution in [2.75, 3.05) is 12.0 Å². The molecule has 150 valence electrons. The number of pyridine rings is 1. The van der Waals surface area contributed by atoms with Gasteiger partial charge in [-0.1, -0.05) is 6.07 Å². The first-order chi connectivity index (χ1) is 14.6. The molecule has 0 radical (unpaired) electrons. The summed E-state index contributed by atoms with van der Waals surface area (Å²) in [6.07, 6.45) is 6.99. The van der Waals surface area contributed by atoms with Crippen LogP contribution in [-0.4, -0.2) is 22.8 Å². The Morgan fingerprint density at radius 2 is 1.90 bits per heavy atom. The molecule has 0 spiro atoms. The van der Waals surface area contributed by atoms with Crippen molar-refractivity contribution in [2.45, 2.75) is 6.54 Å². The number of fused-ring (bicyclic) bond motifs is 2. The lowest BCUT2D eigenvalue weighted by Crippen LogP contribution is -2.31. The Kier molecular flexibility index (Phi) is 4.31. The maximum Gasteiger partial charge on any atom is 0.137 e. The number of aromatic nitrogens is 1. The van der Waals surface area contributed by atoms with Gasteiger partial charge in [0.1, 0.15) is 28.8 Å². The highest BCUT2D eigenvalue weighted by Crippen LogP contribution is 2.27. The van der Waals surface area contributed by atoms with E-state index in [1.54, 1.807) is 36.7 Å². The third-order valence-electron chi connectivity index (χ3n) is 4.94. The smallest absolute Gasteiger partial charge is 0.137 e. The average molecular weight is 405 g/mol. The van der Waals surface area contributed by atoms with Crippen LogP contribution in [0.2, 0.25) is 0 Å². The van der Waals surface area contributed by atoms with Gasteiger partial charge >= 0.3 is 0 Å². The highest BCUT2D eigenvalue weighted by atomic mass is 19.1. The van der Waals surface area contributed by atoms with Crippen molar-refractivity contribution >= 4 is 22.3 Å². The van der Waals surface area contributed by atoms with Crippen LogP contribution in [0.5, 0.6) is 5.75 Å². The standard InChI is InChI=1S/C22H17F2N5O/c1-30-19-7-15-6-14(2-3-20(15)25-11-19)12-29-22-13-28(5-4-21(22)26-27-29)18-9-16(23)8-17(24)10-18/h2-11,13,27H,12H2,1H3. The lowest BCUT2D eigenvalue weighted by atomic mass is 10.1. The number of nitrogens with zero attached hydrogens (tertiary/aromatic N) is 4. The first kappa shape index (κ1) is 18.1. The van der Waals surface area contributed by atoms with Gasteiger partial charge in [-0.15, -0.1) is 0 Å². The van der Waals surface area contributed by atoms with Gasteiger partial charge in [0.15, 0.2) is 0 Å². The molecule has 2 aliphatic rings. The van der Waals surface area contributed by atoms with Crippen LogP contribution in [0.4, 0.5) is 14.5 Å². The molecule has 0 fully saturated rings. The predicted molar refractivity (Wildman–Crippen MR) is 110 cm³/mol. The summed E-state index contributed by atoms with van der Waals surface area (Å²) in [5, 5.41) is 7.16. The molecule has 8 heteroatoms. The Labute approximate surface area is 171 Å². The molecule has 0 amide bonds. The topological polar surface area (TPSA) is 53.0 Å². The van der Waals surface area contributed by atoms with Crippen LogP contribution < -0.4 is 15.2 Å². The van der Waals surface area contributed by atoms with Crippen LogP contribution in [-0.2, 0) is 6.54 Å². The van der Waals surface area contributed by atoms with E-state index in [9.17, 15) is 8.78 Å². The van der Waals surface area contributed by atoms with Crippen LogP contribution in [0.15, 0.2) is 77.9 Å². The fraction of sp³-hybridized carbons (Fsp3) is 0.0909. The normalized spacial score (nSPS) is 15.0. The van der Waals surface area contributed by atoms with E-state index in [4.69, 9.17) is 4.74 Å². The minimum atomic E-state index is -0.627. The minimum Gasteiger partial charge on any atom is -0.495 e. The number of halogens is 2. The first-order valence-electron chi connectivity index (χ1n) is 9.27. The molecule has 1 aromatic heterocycles. The summed E-state index contributed by atoms with van der Waals surface area (Å²) >= 11 is 0. The largest absolute Gasteiger partial charge is 0.495 e. The molecule has 0 saturated carbocycles. The number of anilines is 1. The van der Waals surface area contributed by atoms with Gasteiger partial charge in [-0.25, -0.2) is 14.3 Å². The minimum absolute atomic E-state index is 0.394. The van der Waals surface area contributed by atoms with Gasteiger partial charge in [0.25, 0.3) is 0 Å². The van der Waals surface area contributed by atoms with Gasteiger partial charge in [0, 0.05) is 23.9 Å². The molecule has 2 aliphatic heterocycles. The Bertz CT molecular complexity index is 1220. The molecule has 0 atom stereocenters. The van der Waals surface area contributed by atoms with Crippen molar-refractivity contribution < 1.29 is 13.5 Å². The van der Waals surface area contributed by atoms with Gasteiger partial charge in [0.05, 0.1) is 31.1 Å². The van der Waals surface area contributed by atoms with Crippen LogP contribution in [0.1, 0.15) is 5.56 Å². The van der Waals surface area contributed by atoms with Crippen molar-refractivity contribution in [3.8, 4) is 5.75 Å². The number of ether oxygens (including phenoxy) is 1. The number of hydrogen-bond acceptors (Lipinski definition) is 6. The van der Waals surface area contributed by atoms with Crippen molar-refractivity contribution in [2.24, 2.45) is 5.10 Å². The van der Waals surface area contributed by atoms with Crippen LogP contribution >= 0.6 is 0 Å². The Balaban J connectivity index is 1.42. The van der Waals surface area contributed by atoms with E-state index < -0.39 is 11.6 Å². The molecule has 0 unspecified atom stereocenters. The number of hydrogen-bond donors (Lipinski definition) is 1. The molecular formula is C22H17F2N5O. The Morgan fingerprint density at radius 1 is 1.07 bits per heavy atom. The average Bonchev–Trinajstić information content (AvgIpc) is 3.14. The third kappa shape index (κ3) is 3.32. The van der Waals surface area contributed by atoms with Crippen molar-refractivity contribution in [1.82, 2.24) is 15.5 Å². The highest BCUT2D eigenvalue weighted by Gasteiger charge is 2.24. The number of benzene rings is 2. The molecule has 0 bridgehead atoms. The molecular weight excluding hydrogens is 388 g/mol. The van der Waals surface area contributed by atoms with Gasteiger partial charge in [0.2, 0.25) is 0 Å². The third-order valence-corrected chi connectivity index (χ3v) is 4.94. The summed E-state index contributed by atoms with van der Waals surface area (Å²) in [5.41, 5.74) is 6.86. The summed E-state index contributed by atoms with van der Waals surface area (Å²) < 4.78 is 32.5. The lowest BCUT2D eigenvalue weighted by Gasteiger charge is -2.25. The second kappa shape index (κ2) is 7.14. The van der Waals surface area contributed by atoms with E-state index in [1.807, 2.05) is 29.3 Å². The van der Waals surface area contributed by atoms with Crippen LogP contribution in [0, 0.1) is 11.6 Å². The van der Waals surface area contributed by atoms with Gasteiger partial charge in [-0.3, -0.25) is 9.99 Å². The quantitative estimate of drug-likeness (QED) is 0.709. The highest BCUT2D eigenvalue weighted by molar-refractivity contribution is 6.10. The summed E-state index contributed by atoms with van der Waals surface area (Å²) in [5.74, 6) is -0.557. The molecule has 30 heavy (non-hydrogen) atoms. The van der Waals surface area contributed by atoms with E-state index in [1.165, 1.54) is 12.1 Å².